The zero-order valence-corrected chi connectivity index (χ0v) is 24.2. The number of halogens is 3. The van der Waals surface area contributed by atoms with Crippen molar-refractivity contribution in [3.63, 3.8) is 0 Å². The minimum atomic E-state index is -4.62. The van der Waals surface area contributed by atoms with Crippen LogP contribution in [0.5, 0.6) is 0 Å². The SMILES string of the molecule is COC(=O)N(C(=O)[N+]1(C(=O)[C@@H](N)C(C)C)CCC[C@H]1C)[C@H](C(=O)c1nn(-c2ccc(C(F)(F)F)cc2)c(=O)o1)C(C)C. The molecular formula is C27H35F3N5O7+. The summed E-state index contributed by atoms with van der Waals surface area (Å²) in [6, 6.07) is -0.854. The topological polar surface area (TPSA) is 155 Å². The molecule has 1 aliphatic rings. The molecule has 1 aromatic heterocycles. The predicted octanol–water partition coefficient (Wildman–Crippen LogP) is 3.75. The molecule has 3 rings (SSSR count). The molecule has 0 radical (unpaired) electrons. The van der Waals surface area contributed by atoms with Crippen LogP contribution in [0.15, 0.2) is 33.5 Å². The molecule has 1 aliphatic heterocycles. The number of quaternary nitrogens is 1. The number of nitrogens with two attached hydrogens (primary N) is 1. The number of hydrogen-bond acceptors (Lipinski definition) is 9. The lowest BCUT2D eigenvalue weighted by molar-refractivity contribution is -0.788. The summed E-state index contributed by atoms with van der Waals surface area (Å²) < 4.78 is 48.6. The maximum absolute atomic E-state index is 14.3. The fourth-order valence-electron chi connectivity index (χ4n) is 5.11. The van der Waals surface area contributed by atoms with Crippen LogP contribution >= 0.6 is 0 Å². The van der Waals surface area contributed by atoms with Gasteiger partial charge in [0.05, 0.1) is 24.9 Å². The Morgan fingerprint density at radius 2 is 1.71 bits per heavy atom. The summed E-state index contributed by atoms with van der Waals surface area (Å²) in [5, 5.41) is 3.84. The number of ketones is 1. The van der Waals surface area contributed by atoms with Gasteiger partial charge in [-0.2, -0.15) is 27.2 Å². The number of methoxy groups -OCH3 is 1. The molecule has 230 valence electrons. The van der Waals surface area contributed by atoms with Crippen molar-refractivity contribution in [1.29, 1.82) is 0 Å². The Balaban J connectivity index is 2.09. The number of hydrogen-bond donors (Lipinski definition) is 1. The number of imide groups is 2. The Bertz CT molecular complexity index is 1400. The van der Waals surface area contributed by atoms with E-state index < -0.39 is 75.7 Å². The van der Waals surface area contributed by atoms with Crippen molar-refractivity contribution in [3.8, 4) is 5.69 Å². The molecule has 42 heavy (non-hydrogen) atoms. The van der Waals surface area contributed by atoms with Gasteiger partial charge in [0, 0.05) is 12.8 Å². The molecule has 2 heterocycles. The Labute approximate surface area is 239 Å². The molecule has 1 unspecified atom stereocenters. The number of benzene rings is 1. The molecule has 0 saturated carbocycles. The number of Topliss-reactive ketones (excluding diaryl/α,β-unsaturated/α-hetero) is 1. The highest BCUT2D eigenvalue weighted by atomic mass is 19.4. The molecule has 0 aliphatic carbocycles. The first-order chi connectivity index (χ1) is 19.5. The number of alkyl halides is 3. The first-order valence-corrected chi connectivity index (χ1v) is 13.4. The molecule has 2 N–H and O–H groups in total. The van der Waals surface area contributed by atoms with Crippen molar-refractivity contribution in [2.45, 2.75) is 71.8 Å². The summed E-state index contributed by atoms with van der Waals surface area (Å²) in [5.74, 6) is -4.77. The third-order valence-corrected chi connectivity index (χ3v) is 7.58. The summed E-state index contributed by atoms with van der Waals surface area (Å²) >= 11 is 0. The maximum atomic E-state index is 14.3. The third kappa shape index (κ3) is 5.88. The lowest BCUT2D eigenvalue weighted by atomic mass is 9.97. The second-order valence-corrected chi connectivity index (χ2v) is 11.0. The van der Waals surface area contributed by atoms with Gasteiger partial charge in [0.15, 0.2) is 0 Å². The van der Waals surface area contributed by atoms with Gasteiger partial charge in [-0.25, -0.2) is 19.2 Å². The number of ether oxygens (including phenoxy) is 1. The number of nitrogens with zero attached hydrogens (tertiary/aromatic N) is 4. The van der Waals surface area contributed by atoms with Gasteiger partial charge in [-0.3, -0.25) is 4.79 Å². The summed E-state index contributed by atoms with van der Waals surface area (Å²) in [6.45, 7) is 8.22. The van der Waals surface area contributed by atoms with Crippen LogP contribution in [-0.4, -0.2) is 74.8 Å². The van der Waals surface area contributed by atoms with E-state index in [1.165, 1.54) is 13.8 Å². The predicted molar refractivity (Wildman–Crippen MR) is 141 cm³/mol. The first kappa shape index (κ1) is 32.7. The normalized spacial score (nSPS) is 20.4. The van der Waals surface area contributed by atoms with Gasteiger partial charge in [0.25, 0.3) is 5.89 Å². The van der Waals surface area contributed by atoms with E-state index >= 15 is 0 Å². The standard InChI is InChI=1S/C27H35F3N5O7/c1-14(2)19(31)23(37)35(13-7-8-16(35)5)24(38)33(25(39)41-6)20(15(3)4)21(36)22-32-34(26(40)42-22)18-11-9-17(10-12-18)27(28,29)30/h9-12,14-16,19-20H,7-8,13,31H2,1-6H3/q+1/t16-,19+,20+,35?/m1/s1. The molecule has 12 nitrogen and oxygen atoms in total. The fourth-order valence-corrected chi connectivity index (χ4v) is 5.11. The van der Waals surface area contributed by atoms with Crippen molar-refractivity contribution in [1.82, 2.24) is 14.7 Å². The average Bonchev–Trinajstić information content (AvgIpc) is 3.51. The van der Waals surface area contributed by atoms with E-state index in [0.717, 1.165) is 31.4 Å². The van der Waals surface area contributed by atoms with Gasteiger partial charge in [0.2, 0.25) is 5.78 Å². The van der Waals surface area contributed by atoms with E-state index in [0.29, 0.717) is 22.4 Å². The van der Waals surface area contributed by atoms with Crippen LogP contribution in [0.3, 0.4) is 0 Å². The van der Waals surface area contributed by atoms with Gasteiger partial charge in [-0.05, 0) is 43.0 Å². The number of aromatic nitrogens is 2. The van der Waals surface area contributed by atoms with Crippen LogP contribution in [0.25, 0.3) is 5.69 Å². The Kier molecular flexibility index (Phi) is 9.47. The van der Waals surface area contributed by atoms with Crippen LogP contribution in [0, 0.1) is 11.8 Å². The molecule has 1 fully saturated rings. The van der Waals surface area contributed by atoms with E-state index in [2.05, 4.69) is 5.10 Å². The van der Waals surface area contributed by atoms with Gasteiger partial charge in [-0.15, -0.1) is 5.10 Å². The molecule has 15 heteroatoms. The second kappa shape index (κ2) is 12.2. The summed E-state index contributed by atoms with van der Waals surface area (Å²) in [4.78, 5) is 68.0. The average molecular weight is 599 g/mol. The molecule has 2 aromatic rings. The minimum absolute atomic E-state index is 0.0450. The van der Waals surface area contributed by atoms with Crippen LogP contribution in [0.4, 0.5) is 22.8 Å². The zero-order valence-electron chi connectivity index (χ0n) is 24.2. The van der Waals surface area contributed by atoms with E-state index in [-0.39, 0.29) is 18.2 Å². The van der Waals surface area contributed by atoms with E-state index in [1.54, 1.807) is 20.8 Å². The van der Waals surface area contributed by atoms with Gasteiger partial charge in [0.1, 0.15) is 18.1 Å². The summed E-state index contributed by atoms with van der Waals surface area (Å²) in [5.41, 5.74) is 5.09. The number of likely N-dealkylation sites (tertiary alicyclic amines) is 1. The van der Waals surface area contributed by atoms with Gasteiger partial charge >= 0.3 is 30.0 Å². The van der Waals surface area contributed by atoms with Crippen molar-refractivity contribution in [2.75, 3.05) is 13.7 Å². The largest absolute Gasteiger partial charge is 0.452 e. The van der Waals surface area contributed by atoms with Crippen molar-refractivity contribution in [2.24, 2.45) is 17.6 Å². The number of carbonyl (C=O) groups is 4. The van der Waals surface area contributed by atoms with E-state index in [4.69, 9.17) is 14.9 Å². The van der Waals surface area contributed by atoms with E-state index in [1.807, 2.05) is 0 Å². The molecule has 1 saturated heterocycles. The monoisotopic (exact) mass is 598 g/mol. The van der Waals surface area contributed by atoms with Crippen LogP contribution in [-0.2, 0) is 15.7 Å². The molecule has 4 amide bonds. The summed E-state index contributed by atoms with van der Waals surface area (Å²) in [7, 11) is 1.00. The third-order valence-electron chi connectivity index (χ3n) is 7.58. The quantitative estimate of drug-likeness (QED) is 0.371. The summed E-state index contributed by atoms with van der Waals surface area (Å²) in [6.07, 6.45) is -4.88. The smallest absolute Gasteiger partial charge is 0.442 e. The molecular weight excluding hydrogens is 563 g/mol. The first-order valence-electron chi connectivity index (χ1n) is 13.4. The highest BCUT2D eigenvalue weighted by Crippen LogP contribution is 2.34. The fraction of sp³-hybridized carbons (Fsp3) is 0.556. The lowest BCUT2D eigenvalue weighted by Crippen LogP contribution is -2.70. The number of amides is 4. The Hall–Kier alpha value is -3.85. The van der Waals surface area contributed by atoms with Gasteiger partial charge in [-0.1, -0.05) is 27.7 Å². The number of urea groups is 1. The Morgan fingerprint density at radius 1 is 1.12 bits per heavy atom. The molecule has 0 bridgehead atoms. The van der Waals surface area contributed by atoms with Gasteiger partial charge < -0.3 is 14.9 Å². The van der Waals surface area contributed by atoms with Crippen LogP contribution in [0.2, 0.25) is 0 Å². The minimum Gasteiger partial charge on any atom is -0.452 e. The van der Waals surface area contributed by atoms with Crippen LogP contribution < -0.4 is 11.5 Å². The van der Waals surface area contributed by atoms with Crippen molar-refractivity contribution >= 4 is 23.8 Å². The van der Waals surface area contributed by atoms with Crippen LogP contribution in [0.1, 0.15) is 63.7 Å². The molecule has 4 atom stereocenters. The highest BCUT2D eigenvalue weighted by molar-refractivity contribution is 6.03. The molecule has 1 aromatic carbocycles. The number of carbonyl (C=O) groups excluding carboxylic acids is 4. The lowest BCUT2D eigenvalue weighted by Gasteiger charge is -2.40. The maximum Gasteiger partial charge on any atom is 0.442 e. The highest BCUT2D eigenvalue weighted by Gasteiger charge is 2.59. The van der Waals surface area contributed by atoms with Crippen molar-refractivity contribution in [3.05, 3.63) is 46.3 Å². The van der Waals surface area contributed by atoms with E-state index in [9.17, 15) is 37.1 Å². The second-order valence-electron chi connectivity index (χ2n) is 11.0. The molecule has 0 spiro atoms. The number of rotatable bonds is 7. The Morgan fingerprint density at radius 3 is 2.17 bits per heavy atom. The van der Waals surface area contributed by atoms with Crippen molar-refractivity contribution < 1.29 is 46.0 Å². The zero-order chi connectivity index (χ0) is 31.7.